The van der Waals surface area contributed by atoms with Gasteiger partial charge in [0.2, 0.25) is 0 Å². The van der Waals surface area contributed by atoms with E-state index in [1.807, 2.05) is 11.5 Å². The van der Waals surface area contributed by atoms with Crippen LogP contribution in [0.5, 0.6) is 0 Å². The van der Waals surface area contributed by atoms with Gasteiger partial charge in [0.1, 0.15) is 0 Å². The van der Waals surface area contributed by atoms with Crippen molar-refractivity contribution in [3.05, 3.63) is 0 Å². The maximum Gasteiger partial charge on any atom is 0.182 e. The summed E-state index contributed by atoms with van der Waals surface area (Å²) in [4.78, 5) is 0. The van der Waals surface area contributed by atoms with Gasteiger partial charge in [-0.2, -0.15) is 0 Å². The minimum Gasteiger partial charge on any atom is -0.266 e. The van der Waals surface area contributed by atoms with Crippen molar-refractivity contribution in [1.29, 1.82) is 0 Å². The van der Waals surface area contributed by atoms with E-state index in [9.17, 15) is 0 Å². The Balaban J connectivity index is 3.15. The highest BCUT2D eigenvalue weighted by Crippen LogP contribution is 2.23. The maximum absolute atomic E-state index is 2.25. The zero-order chi connectivity index (χ0) is 5.91. The molecular formula is C4H12B2S. The summed E-state index contributed by atoms with van der Waals surface area (Å²) in [5.41, 5.74) is 0. The van der Waals surface area contributed by atoms with Gasteiger partial charge in [-0.3, -0.25) is 11.5 Å². The summed E-state index contributed by atoms with van der Waals surface area (Å²) in [6, 6.07) is 0. The van der Waals surface area contributed by atoms with Crippen molar-refractivity contribution in [2.24, 2.45) is 0 Å². The molecule has 3 heteroatoms. The topological polar surface area (TPSA) is 0 Å². The van der Waals surface area contributed by atoms with Crippen molar-refractivity contribution in [3.8, 4) is 0 Å². The van der Waals surface area contributed by atoms with E-state index in [4.69, 9.17) is 0 Å². The smallest absolute Gasteiger partial charge is 0.182 e. The normalized spacial score (nSPS) is 11.3. The molecule has 0 heterocycles. The van der Waals surface area contributed by atoms with E-state index < -0.39 is 0 Å². The molecule has 40 valence electrons. The van der Waals surface area contributed by atoms with Crippen LogP contribution >= 0.6 is 11.5 Å². The third kappa shape index (κ3) is 6.48. The lowest BCUT2D eigenvalue weighted by Gasteiger charge is -2.13. The summed E-state index contributed by atoms with van der Waals surface area (Å²) < 4.78 is 0. The summed E-state index contributed by atoms with van der Waals surface area (Å²) in [5.74, 6) is 0. The van der Waals surface area contributed by atoms with E-state index in [1.165, 1.54) is 6.56 Å². The predicted molar refractivity (Wildman–Crippen MR) is 43.0 cm³/mol. The van der Waals surface area contributed by atoms with Crippen molar-refractivity contribution in [2.75, 3.05) is 0 Å². The van der Waals surface area contributed by atoms with Crippen LogP contribution in [-0.2, 0) is 0 Å². The molecule has 0 aliphatic carbocycles. The molecule has 0 spiro atoms. The summed E-state index contributed by atoms with van der Waals surface area (Å²) in [5, 5.41) is 0.513. The Morgan fingerprint density at radius 3 is 1.86 bits per heavy atom. The fraction of sp³-hybridized carbons (Fsp3) is 1.00. The molecule has 0 N–H and O–H groups in total. The Morgan fingerprint density at radius 1 is 1.43 bits per heavy atom. The standard InChI is InChI=1S/C4H12B2S/c1-4(2,3)6-7-5/h6H,5H2,1-3H3. The van der Waals surface area contributed by atoms with Gasteiger partial charge < -0.3 is 0 Å². The van der Waals surface area contributed by atoms with Gasteiger partial charge in [0.05, 0.1) is 0 Å². The second kappa shape index (κ2) is 2.71. The first kappa shape index (κ1) is 7.48. The highest BCUT2D eigenvalue weighted by atomic mass is 32.2. The third-order valence-corrected chi connectivity index (χ3v) is 1.73. The highest BCUT2D eigenvalue weighted by Gasteiger charge is 2.09. The van der Waals surface area contributed by atoms with E-state index in [-0.39, 0.29) is 0 Å². The van der Waals surface area contributed by atoms with Crippen molar-refractivity contribution in [3.63, 3.8) is 0 Å². The monoisotopic (exact) mass is 114 g/mol. The largest absolute Gasteiger partial charge is 0.266 e. The molecule has 0 atom stereocenters. The molecular weight excluding hydrogens is 102 g/mol. The molecule has 0 aliphatic rings. The molecule has 0 saturated carbocycles. The van der Waals surface area contributed by atoms with Crippen LogP contribution in [0.15, 0.2) is 0 Å². The van der Waals surface area contributed by atoms with Crippen molar-refractivity contribution in [2.45, 2.75) is 26.1 Å². The van der Waals surface area contributed by atoms with Crippen molar-refractivity contribution < 1.29 is 0 Å². The van der Waals surface area contributed by atoms with E-state index in [0.29, 0.717) is 5.31 Å². The van der Waals surface area contributed by atoms with Crippen molar-refractivity contribution in [1.82, 2.24) is 0 Å². The first-order valence-corrected chi connectivity index (χ1v) is 3.94. The Bertz CT molecular complexity index is 48.1. The van der Waals surface area contributed by atoms with Crippen LogP contribution in [-0.4, -0.2) is 13.7 Å². The molecule has 0 radical (unpaired) electrons. The molecule has 0 saturated heterocycles. The Labute approximate surface area is 51.9 Å². The average Bonchev–Trinajstić information content (AvgIpc) is 1.30. The highest BCUT2D eigenvalue weighted by molar-refractivity contribution is 8.38. The fourth-order valence-corrected chi connectivity index (χ4v) is 1.30. The molecule has 0 fully saturated rings. The van der Waals surface area contributed by atoms with Crippen molar-refractivity contribution >= 4 is 25.1 Å². The van der Waals surface area contributed by atoms with E-state index in [2.05, 4.69) is 27.9 Å². The van der Waals surface area contributed by atoms with Gasteiger partial charge in [-0.05, 0) is 0 Å². The fourth-order valence-electron chi connectivity index (χ4n) is 0.433. The summed E-state index contributed by atoms with van der Waals surface area (Å²) >= 11 is 1.91. The SMILES string of the molecule is BSBC(C)(C)C. The predicted octanol–water partition coefficient (Wildman–Crippen LogP) is 0.838. The second-order valence-corrected chi connectivity index (χ2v) is 3.86. The van der Waals surface area contributed by atoms with Gasteiger partial charge >= 0.3 is 0 Å². The molecule has 7 heavy (non-hydrogen) atoms. The molecule has 0 rings (SSSR count). The van der Waals surface area contributed by atoms with Gasteiger partial charge in [0.25, 0.3) is 0 Å². The average molecular weight is 114 g/mol. The third-order valence-electron chi connectivity index (χ3n) is 0.577. The summed E-state index contributed by atoms with van der Waals surface area (Å²) in [7, 11) is 2.14. The molecule has 0 unspecified atom stereocenters. The molecule has 0 aliphatic heterocycles. The minimum absolute atomic E-state index is 0.513. The summed E-state index contributed by atoms with van der Waals surface area (Å²) in [6.07, 6.45) is 0. The van der Waals surface area contributed by atoms with Gasteiger partial charge in [-0.1, -0.05) is 26.1 Å². The van der Waals surface area contributed by atoms with Gasteiger partial charge in [-0.15, -0.1) is 0 Å². The minimum atomic E-state index is 0.513. The molecule has 0 aromatic rings. The first-order valence-electron chi connectivity index (χ1n) is 2.55. The number of hydrogen-bond donors (Lipinski definition) is 0. The lowest BCUT2D eigenvalue weighted by atomic mass is 9.73. The Morgan fingerprint density at radius 2 is 1.86 bits per heavy atom. The van der Waals surface area contributed by atoms with Gasteiger partial charge in [0, 0.05) is 0 Å². The molecule has 0 aromatic heterocycles. The Kier molecular flexibility index (Phi) is 2.89. The lowest BCUT2D eigenvalue weighted by molar-refractivity contribution is 0.764. The van der Waals surface area contributed by atoms with Gasteiger partial charge in [0.15, 0.2) is 13.7 Å². The number of rotatable bonds is 1. The first-order chi connectivity index (χ1) is 3.06. The zero-order valence-electron chi connectivity index (χ0n) is 5.62. The quantitative estimate of drug-likeness (QED) is 0.455. The Hall–Kier alpha value is 0.480. The van der Waals surface area contributed by atoms with Gasteiger partial charge in [-0.25, -0.2) is 0 Å². The van der Waals surface area contributed by atoms with E-state index in [0.717, 1.165) is 0 Å². The van der Waals surface area contributed by atoms with Crippen LogP contribution in [0.3, 0.4) is 0 Å². The van der Waals surface area contributed by atoms with E-state index in [1.54, 1.807) is 0 Å². The zero-order valence-corrected chi connectivity index (χ0v) is 6.43. The van der Waals surface area contributed by atoms with Crippen LogP contribution in [0.1, 0.15) is 20.8 Å². The number of hydrogen-bond acceptors (Lipinski definition) is 1. The molecule has 0 bridgehead atoms. The van der Waals surface area contributed by atoms with Crippen LogP contribution in [0.25, 0.3) is 0 Å². The van der Waals surface area contributed by atoms with Crippen LogP contribution in [0.2, 0.25) is 5.31 Å². The molecule has 0 nitrogen and oxygen atoms in total. The van der Waals surface area contributed by atoms with Crippen LogP contribution < -0.4 is 0 Å². The molecule has 0 aromatic carbocycles. The summed E-state index contributed by atoms with van der Waals surface area (Å²) in [6.45, 7) is 8.02. The van der Waals surface area contributed by atoms with Crippen LogP contribution in [0, 0.1) is 0 Å². The lowest BCUT2D eigenvalue weighted by Crippen LogP contribution is -2.03. The molecule has 0 amide bonds. The maximum atomic E-state index is 2.25. The van der Waals surface area contributed by atoms with Crippen LogP contribution in [0.4, 0.5) is 0 Å². The van der Waals surface area contributed by atoms with E-state index >= 15 is 0 Å². The second-order valence-electron chi connectivity index (χ2n) is 2.99.